The zero-order valence-electron chi connectivity index (χ0n) is 17.1. The summed E-state index contributed by atoms with van der Waals surface area (Å²) in [5.41, 5.74) is 0.545. The molecule has 1 N–H and O–H groups in total. The van der Waals surface area contributed by atoms with Crippen LogP contribution in [0.4, 0.5) is 24.5 Å². The Morgan fingerprint density at radius 1 is 1.22 bits per heavy atom. The molecule has 1 aliphatic heterocycles. The molecule has 166 valence electrons. The number of ether oxygens (including phenoxy) is 1. The van der Waals surface area contributed by atoms with Crippen LogP contribution in [0.25, 0.3) is 11.3 Å². The van der Waals surface area contributed by atoms with Crippen molar-refractivity contribution < 1.29 is 27.5 Å². The molecule has 0 atom stereocenters. The number of hydrogen-bond acceptors (Lipinski definition) is 5. The van der Waals surface area contributed by atoms with Crippen molar-refractivity contribution in [3.8, 4) is 17.0 Å². The van der Waals surface area contributed by atoms with Crippen LogP contribution >= 0.6 is 11.3 Å². The molecule has 0 saturated carbocycles. The third kappa shape index (κ3) is 4.31. The molecule has 2 heterocycles. The van der Waals surface area contributed by atoms with Gasteiger partial charge in [-0.3, -0.25) is 14.5 Å². The van der Waals surface area contributed by atoms with E-state index in [0.717, 1.165) is 27.2 Å². The van der Waals surface area contributed by atoms with Crippen LogP contribution in [-0.4, -0.2) is 29.9 Å². The number of hydrogen-bond donors (Lipinski definition) is 1. The highest BCUT2D eigenvalue weighted by Gasteiger charge is 2.34. The van der Waals surface area contributed by atoms with Crippen LogP contribution < -0.4 is 15.0 Å². The molecule has 6 nitrogen and oxygen atoms in total. The van der Waals surface area contributed by atoms with E-state index in [4.69, 9.17) is 4.74 Å². The number of rotatable bonds is 4. The van der Waals surface area contributed by atoms with Crippen LogP contribution in [0.15, 0.2) is 42.5 Å². The monoisotopic (exact) mass is 461 g/mol. The van der Waals surface area contributed by atoms with E-state index in [-0.39, 0.29) is 12.3 Å². The van der Waals surface area contributed by atoms with Gasteiger partial charge < -0.3 is 10.1 Å². The Hall–Kier alpha value is -3.40. The number of nitrogens with zero attached hydrogens (tertiary/aromatic N) is 2. The van der Waals surface area contributed by atoms with Crippen LogP contribution in [0.3, 0.4) is 0 Å². The molecule has 0 radical (unpaired) electrons. The van der Waals surface area contributed by atoms with Crippen molar-refractivity contribution in [1.29, 1.82) is 0 Å². The Bertz CT molecular complexity index is 1210. The first-order valence-electron chi connectivity index (χ1n) is 9.61. The predicted octanol–water partition coefficient (Wildman–Crippen LogP) is 4.81. The highest BCUT2D eigenvalue weighted by atomic mass is 32.1. The van der Waals surface area contributed by atoms with E-state index < -0.39 is 30.1 Å². The maximum atomic E-state index is 13.2. The van der Waals surface area contributed by atoms with Gasteiger partial charge in [-0.1, -0.05) is 12.1 Å². The molecule has 0 fully saturated rings. The summed E-state index contributed by atoms with van der Waals surface area (Å²) in [4.78, 5) is 31.8. The standard InChI is InChI=1S/C22H18F3N3O3S/c1-12-21(26-13(2)32-12)14-7-8-18-17(9-14)28(20(30)11-31-18)10-19(29)27-16-6-4-3-5-15(16)22(23,24)25/h3-9H,10-11H2,1-2H3,(H,27,29). The third-order valence-electron chi connectivity index (χ3n) is 4.89. The Labute approximate surface area is 185 Å². The molecule has 32 heavy (non-hydrogen) atoms. The Morgan fingerprint density at radius 2 is 1.97 bits per heavy atom. The van der Waals surface area contributed by atoms with Crippen LogP contribution in [0.2, 0.25) is 0 Å². The van der Waals surface area contributed by atoms with Gasteiger partial charge >= 0.3 is 6.18 Å². The van der Waals surface area contributed by atoms with Crippen molar-refractivity contribution in [2.24, 2.45) is 0 Å². The molecular weight excluding hydrogens is 443 g/mol. The number of para-hydroxylation sites is 1. The molecule has 1 aromatic heterocycles. The first kappa shape index (κ1) is 21.8. The van der Waals surface area contributed by atoms with Crippen molar-refractivity contribution >= 4 is 34.5 Å². The molecule has 0 saturated heterocycles. The summed E-state index contributed by atoms with van der Waals surface area (Å²) in [7, 11) is 0. The number of anilines is 2. The third-order valence-corrected chi connectivity index (χ3v) is 5.77. The van der Waals surface area contributed by atoms with Crippen molar-refractivity contribution in [1.82, 2.24) is 4.98 Å². The fourth-order valence-electron chi connectivity index (χ4n) is 3.49. The number of amides is 2. The molecule has 0 unspecified atom stereocenters. The van der Waals surface area contributed by atoms with E-state index in [1.165, 1.54) is 34.4 Å². The molecule has 10 heteroatoms. The smallest absolute Gasteiger partial charge is 0.418 e. The van der Waals surface area contributed by atoms with Crippen LogP contribution in [-0.2, 0) is 15.8 Å². The fourth-order valence-corrected chi connectivity index (χ4v) is 4.33. The summed E-state index contributed by atoms with van der Waals surface area (Å²) in [6.45, 7) is 3.10. The van der Waals surface area contributed by atoms with Gasteiger partial charge in [0.15, 0.2) is 6.61 Å². The summed E-state index contributed by atoms with van der Waals surface area (Å²) >= 11 is 1.54. The van der Waals surface area contributed by atoms with Crippen LogP contribution in [0, 0.1) is 13.8 Å². The lowest BCUT2D eigenvalue weighted by Gasteiger charge is -2.29. The van der Waals surface area contributed by atoms with E-state index in [9.17, 15) is 22.8 Å². The van der Waals surface area contributed by atoms with Gasteiger partial charge in [-0.05, 0) is 44.2 Å². The molecule has 1 aliphatic rings. The largest absolute Gasteiger partial charge is 0.482 e. The van der Waals surface area contributed by atoms with Gasteiger partial charge in [0.1, 0.15) is 12.3 Å². The predicted molar refractivity (Wildman–Crippen MR) is 115 cm³/mol. The normalized spacial score (nSPS) is 13.5. The number of aryl methyl sites for hydroxylation is 2. The lowest BCUT2D eigenvalue weighted by Crippen LogP contribution is -2.43. The lowest BCUT2D eigenvalue weighted by atomic mass is 10.1. The van der Waals surface area contributed by atoms with Gasteiger partial charge in [0.25, 0.3) is 5.91 Å². The minimum absolute atomic E-state index is 0.270. The molecule has 2 aromatic carbocycles. The number of carbonyl (C=O) groups is 2. The minimum atomic E-state index is -4.62. The number of fused-ring (bicyclic) bond motifs is 1. The van der Waals surface area contributed by atoms with Crippen molar-refractivity contribution in [3.05, 3.63) is 57.9 Å². The van der Waals surface area contributed by atoms with Gasteiger partial charge in [-0.2, -0.15) is 13.2 Å². The summed E-state index contributed by atoms with van der Waals surface area (Å²) in [5.74, 6) is -0.824. The summed E-state index contributed by atoms with van der Waals surface area (Å²) in [5, 5.41) is 3.16. The number of alkyl halides is 3. The maximum absolute atomic E-state index is 13.2. The average Bonchev–Trinajstić information content (AvgIpc) is 3.07. The van der Waals surface area contributed by atoms with Crippen molar-refractivity contribution in [2.45, 2.75) is 20.0 Å². The zero-order valence-corrected chi connectivity index (χ0v) is 17.9. The van der Waals surface area contributed by atoms with E-state index >= 15 is 0 Å². The Morgan fingerprint density at radius 3 is 2.66 bits per heavy atom. The Balaban J connectivity index is 1.62. The zero-order chi connectivity index (χ0) is 23.0. The number of carbonyl (C=O) groups excluding carboxylic acids is 2. The highest BCUT2D eigenvalue weighted by molar-refractivity contribution is 7.11. The molecule has 0 spiro atoms. The van der Waals surface area contributed by atoms with Crippen molar-refractivity contribution in [3.63, 3.8) is 0 Å². The second-order valence-electron chi connectivity index (χ2n) is 7.18. The highest BCUT2D eigenvalue weighted by Crippen LogP contribution is 2.38. The molecule has 4 rings (SSSR count). The summed E-state index contributed by atoms with van der Waals surface area (Å²) < 4.78 is 45.1. The summed E-state index contributed by atoms with van der Waals surface area (Å²) in [6, 6.07) is 9.89. The number of aromatic nitrogens is 1. The summed E-state index contributed by atoms with van der Waals surface area (Å²) in [6.07, 6.45) is -4.62. The van der Waals surface area contributed by atoms with E-state index in [0.29, 0.717) is 11.4 Å². The van der Waals surface area contributed by atoms with Gasteiger partial charge in [-0.25, -0.2) is 4.98 Å². The average molecular weight is 461 g/mol. The lowest BCUT2D eigenvalue weighted by molar-refractivity contribution is -0.137. The quantitative estimate of drug-likeness (QED) is 0.605. The molecule has 0 bridgehead atoms. The van der Waals surface area contributed by atoms with Crippen LogP contribution in [0.5, 0.6) is 5.75 Å². The minimum Gasteiger partial charge on any atom is -0.482 e. The van der Waals surface area contributed by atoms with Gasteiger partial charge in [0.05, 0.1) is 27.6 Å². The molecular formula is C22H18F3N3O3S. The topological polar surface area (TPSA) is 71.5 Å². The van der Waals surface area contributed by atoms with E-state index in [1.54, 1.807) is 12.1 Å². The van der Waals surface area contributed by atoms with Gasteiger partial charge in [0.2, 0.25) is 5.91 Å². The van der Waals surface area contributed by atoms with E-state index in [2.05, 4.69) is 10.3 Å². The Kier molecular flexibility index (Phi) is 5.64. The van der Waals surface area contributed by atoms with E-state index in [1.807, 2.05) is 19.9 Å². The SMILES string of the molecule is Cc1nc(-c2ccc3c(c2)N(CC(=O)Nc2ccccc2C(F)(F)F)C(=O)CO3)c(C)s1. The fraction of sp³-hybridized carbons (Fsp3) is 0.227. The second kappa shape index (κ2) is 8.27. The first-order chi connectivity index (χ1) is 15.1. The first-order valence-corrected chi connectivity index (χ1v) is 10.4. The van der Waals surface area contributed by atoms with Crippen LogP contribution in [0.1, 0.15) is 15.4 Å². The molecule has 2 amide bonds. The number of benzene rings is 2. The van der Waals surface area contributed by atoms with Gasteiger partial charge in [-0.15, -0.1) is 11.3 Å². The van der Waals surface area contributed by atoms with Gasteiger partial charge in [0, 0.05) is 10.4 Å². The molecule has 0 aliphatic carbocycles. The number of nitrogens with one attached hydrogen (secondary N) is 1. The molecule has 3 aromatic rings. The number of thiazole rings is 1. The second-order valence-corrected chi connectivity index (χ2v) is 8.59. The maximum Gasteiger partial charge on any atom is 0.418 e. The number of halogens is 3. The van der Waals surface area contributed by atoms with Crippen molar-refractivity contribution in [2.75, 3.05) is 23.4 Å².